The topological polar surface area (TPSA) is 146 Å². The molecule has 0 spiro atoms. The Morgan fingerprint density at radius 1 is 0.147 bits per heavy atom. The van der Waals surface area contributed by atoms with Crippen LogP contribution in [0.4, 0.5) is 0 Å². The first-order chi connectivity index (χ1) is 80.7. The number of nitrogens with zero attached hydrogens (tertiary/aromatic N) is 15. The molecule has 0 amide bonds. The van der Waals surface area contributed by atoms with Crippen LogP contribution in [0.3, 0.4) is 0 Å². The Balaban J connectivity index is 0.000000116. The summed E-state index contributed by atoms with van der Waals surface area (Å²) in [6, 6.07) is 140. The van der Waals surface area contributed by atoms with Crippen LogP contribution in [0.5, 0.6) is 0 Å². The van der Waals surface area contributed by atoms with Crippen molar-refractivity contribution in [3.63, 3.8) is 0 Å². The summed E-state index contributed by atoms with van der Waals surface area (Å²) in [7, 11) is 0. The third-order valence-electron chi connectivity index (χ3n) is 27.8. The van der Waals surface area contributed by atoms with Gasteiger partial charge in [0.15, 0.2) is 34.9 Å². The summed E-state index contributed by atoms with van der Waals surface area (Å²) in [6.07, 6.45) is 0. The van der Waals surface area contributed by atoms with E-state index < -0.39 is 18.1 Å². The van der Waals surface area contributed by atoms with Gasteiger partial charge < -0.3 is 13.7 Å². The molecule has 9 aromatic heterocycles. The highest BCUT2D eigenvalue weighted by atomic mass is 15.2. The molecule has 9 heterocycles. The summed E-state index contributed by atoms with van der Waals surface area (Å²) >= 11 is 0. The number of fused-ring (bicyclic) bond motifs is 21. The van der Waals surface area contributed by atoms with Gasteiger partial charge in [0.25, 0.3) is 0 Å². The Morgan fingerprint density at radius 3 is 0.707 bits per heavy atom. The SMILES string of the molecule is [2H]c1c([2H])c([2H])c(-c2ccc(-n3c4ccccc4c4c5c6ccccc6n(-c6nc(-c7ccccc7)nc(-c7ccccc7)n6)c5ccc43)cc2)c([2H])c1[2H].[2H]c1c([2H])c([2H])c(-c2cccc(-n3c4ccccc4c4c5c6ccccc6n(-c6nc(-c7ccccc7)nc(-c7ccccc7)n6)c5ccc43)c2)c([2H])c1[2H].[2H]c1c([2H])c([2H])c(-c2ccccc2-n2c3ccccc3c3c4c5ccccc5n(-c5nc(-c6ccccc6)nc(-c6ccccc6)n5)c4ccc32)c([2H])c1[2H]. The molecule has 0 N–H and O–H groups in total. The van der Waals surface area contributed by atoms with Crippen LogP contribution in [0.25, 0.3) is 267 Å². The fraction of sp³-hybridized carbons (Fsp3) is 0. The van der Waals surface area contributed by atoms with E-state index in [1.807, 2.05) is 309 Å². The van der Waals surface area contributed by atoms with Crippen molar-refractivity contribution in [2.75, 3.05) is 0 Å². The maximum Gasteiger partial charge on any atom is 0.238 e. The summed E-state index contributed by atoms with van der Waals surface area (Å²) in [4.78, 5) is 45.4. The van der Waals surface area contributed by atoms with Crippen LogP contribution in [0.15, 0.2) is 527 Å². The molecule has 0 bridgehead atoms. The number of para-hydroxylation sites is 7. The van der Waals surface area contributed by atoms with Gasteiger partial charge in [0.05, 0.1) is 92.4 Å². The zero-order valence-electron chi connectivity index (χ0n) is 94.8. The molecular formula is C135H87N15. The van der Waals surface area contributed by atoms with Crippen LogP contribution in [-0.2, 0) is 0 Å². The fourth-order valence-electron chi connectivity index (χ4n) is 21.3. The molecule has 15 nitrogen and oxygen atoms in total. The zero-order chi connectivity index (χ0) is 112. The van der Waals surface area contributed by atoms with Crippen LogP contribution < -0.4 is 0 Å². The van der Waals surface area contributed by atoms with Gasteiger partial charge in [0, 0.05) is 115 Å². The van der Waals surface area contributed by atoms with E-state index >= 15 is 0 Å². The monoisotopic (exact) mass is 1930 g/mol. The zero-order valence-corrected chi connectivity index (χ0v) is 79.8. The van der Waals surface area contributed by atoms with E-state index in [1.165, 1.54) is 0 Å². The van der Waals surface area contributed by atoms with E-state index in [9.17, 15) is 0 Å². The average Bonchev–Trinajstić information content (AvgIpc) is 1.55. The molecule has 0 unspecified atom stereocenters. The molecule has 15 heteroatoms. The van der Waals surface area contributed by atoms with Crippen molar-refractivity contribution < 1.29 is 20.6 Å². The Bertz CT molecular complexity index is 11200. The summed E-state index contributed by atoms with van der Waals surface area (Å²) < 4.78 is 139. The number of benzene rings is 21. The Morgan fingerprint density at radius 2 is 0.387 bits per heavy atom. The highest BCUT2D eigenvalue weighted by Gasteiger charge is 2.29. The van der Waals surface area contributed by atoms with Gasteiger partial charge in [-0.05, 0) is 131 Å². The minimum absolute atomic E-state index is 0.156. The first kappa shape index (κ1) is 72.7. The number of rotatable bonds is 15. The molecule has 702 valence electrons. The highest BCUT2D eigenvalue weighted by Crippen LogP contribution is 2.49. The molecule has 150 heavy (non-hydrogen) atoms. The van der Waals surface area contributed by atoms with E-state index in [0.29, 0.717) is 75.2 Å². The lowest BCUT2D eigenvalue weighted by molar-refractivity contribution is 0.953. The predicted octanol–water partition coefficient (Wildman–Crippen LogP) is 33.2. The van der Waals surface area contributed by atoms with Gasteiger partial charge in [-0.25, -0.2) is 15.0 Å². The first-order valence-corrected chi connectivity index (χ1v) is 49.2. The van der Waals surface area contributed by atoms with Gasteiger partial charge in [0.2, 0.25) is 17.8 Å². The lowest BCUT2D eigenvalue weighted by atomic mass is 10.0. The molecule has 0 radical (unpaired) electrons. The molecule has 0 fully saturated rings. The average molecular weight is 1930 g/mol. The summed E-state index contributed by atoms with van der Waals surface area (Å²) in [5.41, 5.74) is 21.3. The quantitative estimate of drug-likeness (QED) is 0.0979. The van der Waals surface area contributed by atoms with Gasteiger partial charge in [-0.15, -0.1) is 0 Å². The molecule has 0 aliphatic heterocycles. The molecule has 0 saturated heterocycles. The van der Waals surface area contributed by atoms with Crippen LogP contribution in [0.2, 0.25) is 0 Å². The van der Waals surface area contributed by atoms with E-state index in [-0.39, 0.29) is 89.2 Å². The second-order valence-electron chi connectivity index (χ2n) is 36.3. The van der Waals surface area contributed by atoms with Crippen LogP contribution in [-0.4, -0.2) is 72.3 Å². The minimum atomic E-state index is -0.420. The van der Waals surface area contributed by atoms with Crippen LogP contribution in [0.1, 0.15) is 20.6 Å². The largest absolute Gasteiger partial charge is 0.309 e. The molecule has 30 aromatic rings. The maximum atomic E-state index is 8.84. The molecule has 21 aromatic carbocycles. The van der Waals surface area contributed by atoms with Crippen molar-refractivity contribution in [2.24, 2.45) is 0 Å². The van der Waals surface area contributed by atoms with Gasteiger partial charge in [-0.1, -0.05) is 424 Å². The van der Waals surface area contributed by atoms with Crippen molar-refractivity contribution in [2.45, 2.75) is 0 Å². The minimum Gasteiger partial charge on any atom is -0.309 e. The lowest BCUT2D eigenvalue weighted by Gasteiger charge is -2.14. The van der Waals surface area contributed by atoms with Gasteiger partial charge in [-0.3, -0.25) is 13.7 Å². The molecule has 30 rings (SSSR count). The predicted molar refractivity (Wildman–Crippen MR) is 614 cm³/mol. The van der Waals surface area contributed by atoms with Crippen molar-refractivity contribution in [1.82, 2.24) is 72.3 Å². The third-order valence-corrected chi connectivity index (χ3v) is 27.8. The Hall–Kier alpha value is -20.6. The smallest absolute Gasteiger partial charge is 0.238 e. The van der Waals surface area contributed by atoms with Gasteiger partial charge >= 0.3 is 0 Å². The van der Waals surface area contributed by atoms with Gasteiger partial charge in [-0.2, -0.15) is 29.9 Å². The third kappa shape index (κ3) is 15.1. The van der Waals surface area contributed by atoms with Crippen molar-refractivity contribution >= 4 is 131 Å². The molecular weight excluding hydrogens is 1830 g/mol. The first-order valence-electron chi connectivity index (χ1n) is 56.7. The van der Waals surface area contributed by atoms with E-state index in [1.54, 1.807) is 6.07 Å². The normalized spacial score (nSPS) is 13.0. The van der Waals surface area contributed by atoms with Crippen molar-refractivity contribution in [1.29, 1.82) is 0 Å². The van der Waals surface area contributed by atoms with Crippen LogP contribution in [0, 0.1) is 0 Å². The molecule has 0 aliphatic carbocycles. The maximum absolute atomic E-state index is 8.84. The molecule has 0 saturated carbocycles. The standard InChI is InChI=1S/3C45H29N5/c1-4-16-30(17-5-1)33-22-10-13-25-36(33)49-37-26-14-11-23-34(37)41-39(49)28-29-40-42(41)35-24-12-15-27-38(35)50(40)45-47-43(31-18-6-2-7-19-31)46-44(48-45)32-20-8-3-9-21-32;1-4-15-30(16-5-1)33-21-14-22-34(29-33)49-37-25-12-10-23-35(37)41-39(49)27-28-40-42(41)36-24-11-13-26-38(36)50(40)45-47-43(31-17-6-2-7-18-31)46-44(48-45)32-19-8-3-9-20-32;1-4-14-30(15-5-1)31-24-26-34(27-25-31)49-37-22-12-10-20-35(37)41-39(49)28-29-40-42(41)36-21-11-13-23-38(36)50(40)45-47-43(32-16-6-2-7-17-32)46-44(48-45)33-18-8-3-9-19-33/h3*1-29H/i1D,4D,5D,16D,17D;1D,4D,5D,15D,16D;1D,4D,5D,14D,15D. The van der Waals surface area contributed by atoms with E-state index in [2.05, 4.69) is 149 Å². The fourth-order valence-corrected chi connectivity index (χ4v) is 21.3. The van der Waals surface area contributed by atoms with Crippen molar-refractivity contribution in [3.05, 3.63) is 527 Å². The Labute approximate surface area is 882 Å². The molecule has 0 atom stereocenters. The second kappa shape index (κ2) is 37.0. The highest BCUT2D eigenvalue weighted by molar-refractivity contribution is 6.32. The second-order valence-corrected chi connectivity index (χ2v) is 36.3. The summed E-state index contributed by atoms with van der Waals surface area (Å²) in [5, 5.41) is 12.5. The lowest BCUT2D eigenvalue weighted by Crippen LogP contribution is -2.06. The molecule has 0 aliphatic rings. The van der Waals surface area contributed by atoms with Gasteiger partial charge in [0.1, 0.15) is 0 Å². The van der Waals surface area contributed by atoms with E-state index in [0.717, 1.165) is 176 Å². The summed E-state index contributed by atoms with van der Waals surface area (Å²) in [6.45, 7) is 0. The number of hydrogen-bond donors (Lipinski definition) is 0. The number of aromatic nitrogens is 15. The Kier molecular flexibility index (Phi) is 17.9. The number of hydrogen-bond acceptors (Lipinski definition) is 9. The van der Waals surface area contributed by atoms with Crippen LogP contribution >= 0.6 is 0 Å². The van der Waals surface area contributed by atoms with E-state index in [4.69, 9.17) is 65.4 Å². The van der Waals surface area contributed by atoms with Crippen molar-refractivity contribution in [3.8, 4) is 137 Å². The summed E-state index contributed by atoms with van der Waals surface area (Å²) in [5.74, 6) is 4.97.